The summed E-state index contributed by atoms with van der Waals surface area (Å²) >= 11 is 1.56. The van der Waals surface area contributed by atoms with Crippen molar-refractivity contribution >= 4 is 44.6 Å². The van der Waals surface area contributed by atoms with Gasteiger partial charge >= 0.3 is 12.2 Å². The maximum absolute atomic E-state index is 12.9. The van der Waals surface area contributed by atoms with E-state index in [-0.39, 0.29) is 5.69 Å². The molecule has 10 heteroatoms. The highest BCUT2D eigenvalue weighted by atomic mass is 32.1. The summed E-state index contributed by atoms with van der Waals surface area (Å²) in [5.74, 6) is 0.418. The predicted molar refractivity (Wildman–Crippen MR) is 137 cm³/mol. The summed E-state index contributed by atoms with van der Waals surface area (Å²) in [5.41, 5.74) is 9.66. The van der Waals surface area contributed by atoms with Crippen molar-refractivity contribution in [3.63, 3.8) is 0 Å². The van der Waals surface area contributed by atoms with Crippen molar-refractivity contribution in [2.45, 2.75) is 6.18 Å². The Labute approximate surface area is 207 Å². The van der Waals surface area contributed by atoms with E-state index in [2.05, 4.69) is 20.6 Å². The Hall–Kier alpha value is -4.44. The SMILES string of the molecule is Nc1ncc(-c2ccncc2)c2scc(-c3ccc(NC(=O)Nc4cccc(C(F)(F)F)c4)cc3)c12. The quantitative estimate of drug-likeness (QED) is 0.239. The molecule has 5 aromatic rings. The second-order valence-corrected chi connectivity index (χ2v) is 8.76. The minimum Gasteiger partial charge on any atom is -0.383 e. The number of nitrogen functional groups attached to an aromatic ring is 1. The molecule has 0 atom stereocenters. The molecule has 5 rings (SSSR count). The Balaban J connectivity index is 1.36. The van der Waals surface area contributed by atoms with Crippen LogP contribution >= 0.6 is 11.3 Å². The zero-order valence-corrected chi connectivity index (χ0v) is 19.3. The van der Waals surface area contributed by atoms with Crippen molar-refractivity contribution in [1.82, 2.24) is 9.97 Å². The summed E-state index contributed by atoms with van der Waals surface area (Å²) in [6.45, 7) is 0. The van der Waals surface area contributed by atoms with Crippen molar-refractivity contribution < 1.29 is 18.0 Å². The van der Waals surface area contributed by atoms with Crippen LogP contribution in [-0.2, 0) is 6.18 Å². The van der Waals surface area contributed by atoms with E-state index in [1.165, 1.54) is 12.1 Å². The van der Waals surface area contributed by atoms with E-state index in [0.29, 0.717) is 11.5 Å². The fourth-order valence-electron chi connectivity index (χ4n) is 3.82. The lowest BCUT2D eigenvalue weighted by molar-refractivity contribution is -0.137. The molecule has 180 valence electrons. The fourth-order valence-corrected chi connectivity index (χ4v) is 4.94. The molecule has 0 saturated heterocycles. The van der Waals surface area contributed by atoms with E-state index in [1.807, 2.05) is 29.6 Å². The molecule has 0 radical (unpaired) electrons. The molecule has 0 fully saturated rings. The molecular weight excluding hydrogens is 487 g/mol. The normalized spacial score (nSPS) is 11.4. The van der Waals surface area contributed by atoms with Crippen LogP contribution in [0.3, 0.4) is 0 Å². The van der Waals surface area contributed by atoms with E-state index < -0.39 is 17.8 Å². The lowest BCUT2D eigenvalue weighted by Gasteiger charge is -2.11. The Morgan fingerprint density at radius 3 is 2.31 bits per heavy atom. The molecule has 0 aliphatic heterocycles. The summed E-state index contributed by atoms with van der Waals surface area (Å²) in [6, 6.07) is 14.7. The number of halogens is 3. The minimum absolute atomic E-state index is 0.0386. The smallest absolute Gasteiger partial charge is 0.383 e. The van der Waals surface area contributed by atoms with Crippen molar-refractivity contribution in [2.75, 3.05) is 16.4 Å². The first-order valence-electron chi connectivity index (χ1n) is 10.7. The number of amides is 2. The highest BCUT2D eigenvalue weighted by molar-refractivity contribution is 7.18. The van der Waals surface area contributed by atoms with E-state index in [4.69, 9.17) is 5.73 Å². The van der Waals surface area contributed by atoms with Crippen LogP contribution in [0.4, 0.5) is 35.2 Å². The summed E-state index contributed by atoms with van der Waals surface area (Å²) < 4.78 is 39.7. The number of aromatic nitrogens is 2. The van der Waals surface area contributed by atoms with Gasteiger partial charge < -0.3 is 16.4 Å². The van der Waals surface area contributed by atoms with Gasteiger partial charge in [-0.25, -0.2) is 9.78 Å². The summed E-state index contributed by atoms with van der Waals surface area (Å²) in [7, 11) is 0. The molecule has 0 unspecified atom stereocenters. The van der Waals surface area contributed by atoms with E-state index in [9.17, 15) is 18.0 Å². The van der Waals surface area contributed by atoms with E-state index >= 15 is 0 Å². The lowest BCUT2D eigenvalue weighted by Crippen LogP contribution is -2.19. The van der Waals surface area contributed by atoms with Gasteiger partial charge in [0.05, 0.1) is 5.56 Å². The number of rotatable bonds is 4. The van der Waals surface area contributed by atoms with Crippen molar-refractivity contribution in [3.05, 3.63) is 90.2 Å². The largest absolute Gasteiger partial charge is 0.416 e. The number of fused-ring (bicyclic) bond motifs is 1. The third kappa shape index (κ3) is 4.71. The topological polar surface area (TPSA) is 92.9 Å². The molecule has 0 saturated carbocycles. The van der Waals surface area contributed by atoms with Gasteiger partial charge in [-0.1, -0.05) is 18.2 Å². The molecular formula is C26H18F3N5OS. The fraction of sp³-hybridized carbons (Fsp3) is 0.0385. The van der Waals surface area contributed by atoms with Gasteiger partial charge in [0.1, 0.15) is 5.82 Å². The van der Waals surface area contributed by atoms with Crippen LogP contribution < -0.4 is 16.4 Å². The number of carbonyl (C=O) groups is 1. The summed E-state index contributed by atoms with van der Waals surface area (Å²) in [4.78, 5) is 20.8. The zero-order valence-electron chi connectivity index (χ0n) is 18.5. The predicted octanol–water partition coefficient (Wildman–Crippen LogP) is 7.27. The number of carbonyl (C=O) groups excluding carboxylic acids is 1. The number of pyridine rings is 2. The number of urea groups is 1. The third-order valence-corrected chi connectivity index (χ3v) is 6.53. The first kappa shape index (κ1) is 23.3. The molecule has 3 aromatic heterocycles. The number of nitrogens with zero attached hydrogens (tertiary/aromatic N) is 2. The zero-order chi connectivity index (χ0) is 25.3. The number of alkyl halides is 3. The van der Waals surface area contributed by atoms with Crippen LogP contribution in [0.5, 0.6) is 0 Å². The lowest BCUT2D eigenvalue weighted by atomic mass is 10.0. The highest BCUT2D eigenvalue weighted by Crippen LogP contribution is 2.41. The van der Waals surface area contributed by atoms with Gasteiger partial charge in [-0.2, -0.15) is 13.2 Å². The number of hydrogen-bond donors (Lipinski definition) is 3. The van der Waals surface area contributed by atoms with Crippen molar-refractivity contribution in [2.24, 2.45) is 0 Å². The average molecular weight is 506 g/mol. The average Bonchev–Trinajstić information content (AvgIpc) is 3.31. The first-order valence-corrected chi connectivity index (χ1v) is 11.6. The van der Waals surface area contributed by atoms with Gasteiger partial charge in [0.2, 0.25) is 0 Å². The number of benzene rings is 2. The maximum atomic E-state index is 12.9. The number of thiophene rings is 1. The van der Waals surface area contributed by atoms with Crippen molar-refractivity contribution in [1.29, 1.82) is 0 Å². The van der Waals surface area contributed by atoms with Gasteiger partial charge in [-0.15, -0.1) is 11.3 Å². The third-order valence-electron chi connectivity index (χ3n) is 5.52. The van der Waals surface area contributed by atoms with Gasteiger partial charge in [-0.05, 0) is 59.0 Å². The molecule has 2 amide bonds. The molecule has 0 bridgehead atoms. The second-order valence-electron chi connectivity index (χ2n) is 7.88. The standard InChI is InChI=1S/C26H18F3N5OS/c27-26(28,29)17-2-1-3-19(12-17)34-25(35)33-18-6-4-15(5-7-18)21-14-36-23-20(13-32-24(30)22(21)23)16-8-10-31-11-9-16/h1-14H,(H2,30,32)(H2,33,34,35). The Bertz CT molecular complexity index is 1550. The number of anilines is 3. The van der Waals surface area contributed by atoms with Crippen LogP contribution in [0.2, 0.25) is 0 Å². The summed E-state index contributed by atoms with van der Waals surface area (Å²) in [5, 5.41) is 7.90. The van der Waals surface area contributed by atoms with Crippen LogP contribution in [0.1, 0.15) is 5.56 Å². The Morgan fingerprint density at radius 1 is 0.889 bits per heavy atom. The first-order chi connectivity index (χ1) is 17.3. The van der Waals surface area contributed by atoms with Crippen LogP contribution in [-0.4, -0.2) is 16.0 Å². The number of hydrogen-bond acceptors (Lipinski definition) is 5. The van der Waals surface area contributed by atoms with Gasteiger partial charge in [-0.3, -0.25) is 4.98 Å². The maximum Gasteiger partial charge on any atom is 0.416 e. The Kier molecular flexibility index (Phi) is 6.03. The van der Waals surface area contributed by atoms with Crippen LogP contribution in [0.25, 0.3) is 32.3 Å². The molecule has 0 aliphatic rings. The van der Waals surface area contributed by atoms with Gasteiger partial charge in [0, 0.05) is 51.2 Å². The van der Waals surface area contributed by atoms with Crippen LogP contribution in [0, 0.1) is 0 Å². The molecule has 36 heavy (non-hydrogen) atoms. The monoisotopic (exact) mass is 505 g/mol. The van der Waals surface area contributed by atoms with Gasteiger partial charge in [0.25, 0.3) is 0 Å². The highest BCUT2D eigenvalue weighted by Gasteiger charge is 2.30. The molecule has 4 N–H and O–H groups in total. The summed E-state index contributed by atoms with van der Waals surface area (Å²) in [6.07, 6.45) is 0.707. The Morgan fingerprint density at radius 2 is 1.58 bits per heavy atom. The molecule has 2 aromatic carbocycles. The van der Waals surface area contributed by atoms with Crippen molar-refractivity contribution in [3.8, 4) is 22.3 Å². The minimum atomic E-state index is -4.49. The van der Waals surface area contributed by atoms with E-state index in [1.54, 1.807) is 42.1 Å². The van der Waals surface area contributed by atoms with Gasteiger partial charge in [0.15, 0.2) is 0 Å². The van der Waals surface area contributed by atoms with E-state index in [0.717, 1.165) is 44.5 Å². The number of nitrogens with two attached hydrogens (primary N) is 1. The molecule has 6 nitrogen and oxygen atoms in total. The molecule has 0 aliphatic carbocycles. The second kappa shape index (κ2) is 9.31. The number of nitrogens with one attached hydrogen (secondary N) is 2. The van der Waals surface area contributed by atoms with Crippen LogP contribution in [0.15, 0.2) is 84.6 Å². The molecule has 0 spiro atoms. The molecule has 3 heterocycles.